The summed E-state index contributed by atoms with van der Waals surface area (Å²) in [6, 6.07) is 0. The van der Waals surface area contributed by atoms with Crippen LogP contribution in [0.4, 0.5) is 0 Å². The second-order valence-corrected chi connectivity index (χ2v) is 5.09. The van der Waals surface area contributed by atoms with Crippen molar-refractivity contribution >= 4 is 17.4 Å². The molecular formula is C11H18ClN3O. The number of Topliss-reactive ketones (excluding diaryl/α,β-unsaturated/α-hetero) is 1. The molecule has 0 aliphatic rings. The highest BCUT2D eigenvalue weighted by Crippen LogP contribution is 2.15. The Morgan fingerprint density at radius 2 is 2.19 bits per heavy atom. The lowest BCUT2D eigenvalue weighted by molar-refractivity contribution is 0.0972. The molecule has 0 aliphatic heterocycles. The molecule has 0 aliphatic carbocycles. The van der Waals surface area contributed by atoms with Gasteiger partial charge in [-0.15, -0.1) is 0 Å². The average Bonchev–Trinajstić information content (AvgIpc) is 2.55. The number of rotatable bonds is 4. The molecule has 0 saturated heterocycles. The highest BCUT2D eigenvalue weighted by Gasteiger charge is 2.18. The van der Waals surface area contributed by atoms with Crippen LogP contribution < -0.4 is 5.32 Å². The van der Waals surface area contributed by atoms with Gasteiger partial charge in [-0.25, -0.2) is 0 Å². The minimum absolute atomic E-state index is 0.0284. The average molecular weight is 244 g/mol. The van der Waals surface area contributed by atoms with E-state index in [-0.39, 0.29) is 17.9 Å². The number of aryl methyl sites for hydroxylation is 1. The first-order chi connectivity index (χ1) is 7.35. The Balaban J connectivity index is 2.76. The lowest BCUT2D eigenvalue weighted by Crippen LogP contribution is -2.39. The van der Waals surface area contributed by atoms with E-state index in [9.17, 15) is 4.79 Å². The Morgan fingerprint density at radius 1 is 1.56 bits per heavy atom. The number of nitrogens with zero attached hydrogens (tertiary/aromatic N) is 2. The van der Waals surface area contributed by atoms with Crippen molar-refractivity contribution in [2.24, 2.45) is 0 Å². The van der Waals surface area contributed by atoms with Gasteiger partial charge in [0.2, 0.25) is 0 Å². The highest BCUT2D eigenvalue weighted by atomic mass is 35.5. The smallest absolute Gasteiger partial charge is 0.196 e. The molecule has 0 aromatic carbocycles. The fraction of sp³-hybridized carbons (Fsp3) is 0.636. The Hall–Kier alpha value is -0.870. The molecule has 0 radical (unpaired) electrons. The molecule has 0 bridgehead atoms. The molecule has 1 N–H and O–H groups in total. The van der Waals surface area contributed by atoms with Crippen molar-refractivity contribution in [1.29, 1.82) is 0 Å². The largest absolute Gasteiger partial charge is 0.305 e. The summed E-state index contributed by atoms with van der Waals surface area (Å²) in [5.74, 6) is -0.0284. The summed E-state index contributed by atoms with van der Waals surface area (Å²) < 4.78 is 1.62. The van der Waals surface area contributed by atoms with Gasteiger partial charge < -0.3 is 5.32 Å². The maximum atomic E-state index is 11.9. The highest BCUT2D eigenvalue weighted by molar-refractivity contribution is 6.33. The van der Waals surface area contributed by atoms with E-state index in [0.717, 1.165) is 0 Å². The summed E-state index contributed by atoms with van der Waals surface area (Å²) in [5.41, 5.74) is 0.403. The molecule has 16 heavy (non-hydrogen) atoms. The lowest BCUT2D eigenvalue weighted by Gasteiger charge is -2.19. The van der Waals surface area contributed by atoms with Gasteiger partial charge in [-0.1, -0.05) is 11.6 Å². The Morgan fingerprint density at radius 3 is 2.69 bits per heavy atom. The van der Waals surface area contributed by atoms with Crippen molar-refractivity contribution in [3.8, 4) is 0 Å². The van der Waals surface area contributed by atoms with Gasteiger partial charge >= 0.3 is 0 Å². The molecular weight excluding hydrogens is 226 g/mol. The molecule has 90 valence electrons. The van der Waals surface area contributed by atoms with Crippen LogP contribution in [-0.2, 0) is 6.54 Å². The van der Waals surface area contributed by atoms with Gasteiger partial charge in [-0.05, 0) is 27.7 Å². The van der Waals surface area contributed by atoms with Crippen LogP contribution in [0.2, 0.25) is 5.02 Å². The van der Waals surface area contributed by atoms with Crippen LogP contribution in [0.5, 0.6) is 0 Å². The molecule has 5 heteroatoms. The van der Waals surface area contributed by atoms with Crippen LogP contribution in [0.15, 0.2) is 6.20 Å². The third kappa shape index (κ3) is 3.32. The summed E-state index contributed by atoms with van der Waals surface area (Å²) in [4.78, 5) is 11.9. The maximum Gasteiger partial charge on any atom is 0.196 e. The zero-order valence-electron chi connectivity index (χ0n) is 10.2. The first kappa shape index (κ1) is 13.2. The minimum atomic E-state index is -0.0841. The summed E-state index contributed by atoms with van der Waals surface area (Å²) >= 11 is 5.94. The summed E-state index contributed by atoms with van der Waals surface area (Å²) in [5, 5.41) is 7.59. The van der Waals surface area contributed by atoms with Crippen molar-refractivity contribution in [1.82, 2.24) is 15.1 Å². The van der Waals surface area contributed by atoms with E-state index in [2.05, 4.69) is 10.4 Å². The monoisotopic (exact) mass is 243 g/mol. The number of hydrogen-bond donors (Lipinski definition) is 1. The van der Waals surface area contributed by atoms with Gasteiger partial charge in [0, 0.05) is 12.1 Å². The lowest BCUT2D eigenvalue weighted by atomic mass is 10.1. The molecule has 4 nitrogen and oxygen atoms in total. The topological polar surface area (TPSA) is 46.9 Å². The number of carbonyl (C=O) groups is 1. The van der Waals surface area contributed by atoms with E-state index in [1.54, 1.807) is 4.68 Å². The van der Waals surface area contributed by atoms with Crippen molar-refractivity contribution in [2.45, 2.75) is 39.8 Å². The first-order valence-corrected chi connectivity index (χ1v) is 5.72. The number of ketones is 1. The third-order valence-electron chi connectivity index (χ3n) is 2.14. The molecule has 1 aromatic rings. The number of halogens is 1. The number of nitrogens with one attached hydrogen (secondary N) is 1. The van der Waals surface area contributed by atoms with E-state index in [1.165, 1.54) is 6.20 Å². The van der Waals surface area contributed by atoms with E-state index in [4.69, 9.17) is 11.6 Å². The number of hydrogen-bond acceptors (Lipinski definition) is 3. The molecule has 1 heterocycles. The SMILES string of the molecule is CCn1ncc(Cl)c1C(=O)CNC(C)(C)C. The van der Waals surface area contributed by atoms with Gasteiger partial charge in [0.05, 0.1) is 17.8 Å². The van der Waals surface area contributed by atoms with Crippen molar-refractivity contribution < 1.29 is 4.79 Å². The first-order valence-electron chi connectivity index (χ1n) is 5.34. The molecule has 0 atom stereocenters. The normalized spacial score (nSPS) is 11.8. The van der Waals surface area contributed by atoms with Crippen LogP contribution >= 0.6 is 11.6 Å². The second kappa shape index (κ2) is 4.97. The van der Waals surface area contributed by atoms with E-state index in [1.807, 2.05) is 27.7 Å². The Kier molecular flexibility index (Phi) is 4.10. The minimum Gasteiger partial charge on any atom is -0.305 e. The van der Waals surface area contributed by atoms with E-state index >= 15 is 0 Å². The van der Waals surface area contributed by atoms with Crippen LogP contribution in [0.1, 0.15) is 38.2 Å². The quantitative estimate of drug-likeness (QED) is 0.825. The van der Waals surface area contributed by atoms with Gasteiger partial charge in [-0.2, -0.15) is 5.10 Å². The molecule has 0 unspecified atom stereocenters. The maximum absolute atomic E-state index is 11.9. The fourth-order valence-corrected chi connectivity index (χ4v) is 1.56. The fourth-order valence-electron chi connectivity index (χ4n) is 1.31. The van der Waals surface area contributed by atoms with Crippen molar-refractivity contribution in [2.75, 3.05) is 6.54 Å². The third-order valence-corrected chi connectivity index (χ3v) is 2.41. The second-order valence-electron chi connectivity index (χ2n) is 4.68. The standard InChI is InChI=1S/C11H18ClN3O/c1-5-15-10(8(12)6-14-15)9(16)7-13-11(2,3)4/h6,13H,5,7H2,1-4H3. The molecule has 0 spiro atoms. The Labute approximate surface area is 101 Å². The summed E-state index contributed by atoms with van der Waals surface area (Å²) in [6.45, 7) is 8.88. The van der Waals surface area contributed by atoms with Gasteiger partial charge in [0.25, 0.3) is 0 Å². The van der Waals surface area contributed by atoms with Crippen LogP contribution in [0.3, 0.4) is 0 Å². The predicted octanol–water partition coefficient (Wildman–Crippen LogP) is 2.13. The number of carbonyl (C=O) groups excluding carboxylic acids is 1. The van der Waals surface area contributed by atoms with Crippen LogP contribution in [0.25, 0.3) is 0 Å². The zero-order chi connectivity index (χ0) is 12.3. The van der Waals surface area contributed by atoms with Crippen molar-refractivity contribution in [3.05, 3.63) is 16.9 Å². The molecule has 0 fully saturated rings. The van der Waals surface area contributed by atoms with E-state index in [0.29, 0.717) is 17.3 Å². The van der Waals surface area contributed by atoms with E-state index < -0.39 is 0 Å². The van der Waals surface area contributed by atoms with Gasteiger partial charge in [-0.3, -0.25) is 9.48 Å². The number of aromatic nitrogens is 2. The molecule has 1 rings (SSSR count). The Bertz CT molecular complexity index is 379. The van der Waals surface area contributed by atoms with Gasteiger partial charge in [0.15, 0.2) is 5.78 Å². The van der Waals surface area contributed by atoms with Crippen LogP contribution in [-0.4, -0.2) is 27.6 Å². The summed E-state index contributed by atoms with van der Waals surface area (Å²) in [6.07, 6.45) is 1.51. The molecule has 0 saturated carbocycles. The van der Waals surface area contributed by atoms with Crippen molar-refractivity contribution in [3.63, 3.8) is 0 Å². The summed E-state index contributed by atoms with van der Waals surface area (Å²) in [7, 11) is 0. The predicted molar refractivity (Wildman–Crippen MR) is 65.0 cm³/mol. The zero-order valence-corrected chi connectivity index (χ0v) is 10.9. The van der Waals surface area contributed by atoms with Crippen LogP contribution in [0, 0.1) is 0 Å². The molecule has 0 amide bonds. The van der Waals surface area contributed by atoms with Gasteiger partial charge in [0.1, 0.15) is 5.69 Å². The molecule has 1 aromatic heterocycles.